The molecule has 0 aromatic carbocycles. The van der Waals surface area contributed by atoms with Crippen molar-refractivity contribution in [2.24, 2.45) is 5.92 Å². The summed E-state index contributed by atoms with van der Waals surface area (Å²) in [4.78, 5) is 0. The highest BCUT2D eigenvalue weighted by atomic mass is 28.3. The van der Waals surface area contributed by atoms with E-state index in [9.17, 15) is 0 Å². The standard InChI is InChI=1S/C6H14O3Si/c1-7-10(8-2)5-6-3-9-4-6/h6,10H,3-5H2,1-2H3. The normalized spacial score (nSPS) is 19.5. The third kappa shape index (κ3) is 2.05. The van der Waals surface area contributed by atoms with Gasteiger partial charge in [0.1, 0.15) is 0 Å². The van der Waals surface area contributed by atoms with Gasteiger partial charge < -0.3 is 13.6 Å². The monoisotopic (exact) mass is 162 g/mol. The van der Waals surface area contributed by atoms with Gasteiger partial charge in [0.15, 0.2) is 0 Å². The van der Waals surface area contributed by atoms with Gasteiger partial charge in [0.25, 0.3) is 0 Å². The zero-order chi connectivity index (χ0) is 7.40. The Labute approximate surface area is 63.1 Å². The van der Waals surface area contributed by atoms with Gasteiger partial charge in [-0.3, -0.25) is 0 Å². The fourth-order valence-corrected chi connectivity index (χ4v) is 2.38. The Hall–Kier alpha value is 0.0969. The lowest BCUT2D eigenvalue weighted by Crippen LogP contribution is -2.33. The zero-order valence-electron chi connectivity index (χ0n) is 6.50. The fraction of sp³-hybridized carbons (Fsp3) is 1.00. The average Bonchev–Trinajstić information content (AvgIpc) is 1.87. The summed E-state index contributed by atoms with van der Waals surface area (Å²) in [7, 11) is 2.15. The Morgan fingerprint density at radius 3 is 2.30 bits per heavy atom. The first-order valence-electron chi connectivity index (χ1n) is 3.50. The van der Waals surface area contributed by atoms with Crippen LogP contribution in [-0.2, 0) is 13.6 Å². The number of rotatable bonds is 4. The molecular formula is C6H14O3Si. The number of hydrogen-bond donors (Lipinski definition) is 0. The Morgan fingerprint density at radius 1 is 1.40 bits per heavy atom. The second-order valence-electron chi connectivity index (χ2n) is 2.54. The molecule has 1 aliphatic rings. The lowest BCUT2D eigenvalue weighted by molar-refractivity contribution is -0.0253. The molecule has 0 aliphatic carbocycles. The molecule has 60 valence electrons. The molecule has 1 saturated heterocycles. The van der Waals surface area contributed by atoms with Crippen molar-refractivity contribution in [3.63, 3.8) is 0 Å². The minimum absolute atomic E-state index is 0.705. The van der Waals surface area contributed by atoms with E-state index in [1.54, 1.807) is 14.2 Å². The summed E-state index contributed by atoms with van der Waals surface area (Å²) in [5, 5.41) is 0. The molecule has 0 spiro atoms. The van der Waals surface area contributed by atoms with Gasteiger partial charge in [0.2, 0.25) is 0 Å². The molecule has 1 rings (SSSR count). The molecule has 0 atom stereocenters. The molecule has 0 N–H and O–H groups in total. The van der Waals surface area contributed by atoms with E-state index >= 15 is 0 Å². The molecule has 4 heteroatoms. The first-order chi connectivity index (χ1) is 4.86. The zero-order valence-corrected chi connectivity index (χ0v) is 7.66. The van der Waals surface area contributed by atoms with E-state index in [2.05, 4.69) is 0 Å². The van der Waals surface area contributed by atoms with Gasteiger partial charge in [-0.05, 0) is 6.04 Å². The summed E-state index contributed by atoms with van der Waals surface area (Å²) >= 11 is 0. The summed E-state index contributed by atoms with van der Waals surface area (Å²) in [5.74, 6) is 0.705. The molecule has 0 saturated carbocycles. The van der Waals surface area contributed by atoms with Crippen molar-refractivity contribution >= 4 is 9.28 Å². The van der Waals surface area contributed by atoms with Crippen molar-refractivity contribution < 1.29 is 13.6 Å². The van der Waals surface area contributed by atoms with Gasteiger partial charge in [-0.15, -0.1) is 0 Å². The van der Waals surface area contributed by atoms with E-state index in [1.165, 1.54) is 0 Å². The second kappa shape index (κ2) is 4.08. The Morgan fingerprint density at radius 2 is 2.00 bits per heavy atom. The molecule has 0 bridgehead atoms. The minimum Gasteiger partial charge on any atom is -0.400 e. The van der Waals surface area contributed by atoms with Gasteiger partial charge in [-0.25, -0.2) is 0 Å². The van der Waals surface area contributed by atoms with Gasteiger partial charge in [-0.2, -0.15) is 0 Å². The van der Waals surface area contributed by atoms with E-state index < -0.39 is 9.28 Å². The summed E-state index contributed by atoms with van der Waals surface area (Å²) < 4.78 is 15.4. The molecule has 10 heavy (non-hydrogen) atoms. The third-order valence-electron chi connectivity index (χ3n) is 1.76. The summed E-state index contributed by atoms with van der Waals surface area (Å²) in [6.45, 7) is 1.80. The molecule has 0 aromatic rings. The van der Waals surface area contributed by atoms with Gasteiger partial charge in [0, 0.05) is 20.1 Å². The van der Waals surface area contributed by atoms with E-state index in [1.807, 2.05) is 0 Å². The van der Waals surface area contributed by atoms with Crippen molar-refractivity contribution in [3.05, 3.63) is 0 Å². The van der Waals surface area contributed by atoms with E-state index in [4.69, 9.17) is 13.6 Å². The van der Waals surface area contributed by atoms with E-state index in [0.717, 1.165) is 19.3 Å². The van der Waals surface area contributed by atoms with Crippen LogP contribution >= 0.6 is 0 Å². The van der Waals surface area contributed by atoms with Crippen molar-refractivity contribution in [1.82, 2.24) is 0 Å². The first kappa shape index (κ1) is 8.20. The van der Waals surface area contributed by atoms with Crippen LogP contribution in [-0.4, -0.2) is 36.7 Å². The SMILES string of the molecule is CO[SiH](CC1COC1)OC. The molecule has 0 radical (unpaired) electrons. The molecule has 1 heterocycles. The molecule has 3 nitrogen and oxygen atoms in total. The van der Waals surface area contributed by atoms with Crippen LogP contribution in [0.3, 0.4) is 0 Å². The van der Waals surface area contributed by atoms with Crippen LogP contribution < -0.4 is 0 Å². The molecule has 0 aromatic heterocycles. The number of ether oxygens (including phenoxy) is 1. The Balaban J connectivity index is 2.08. The summed E-state index contributed by atoms with van der Waals surface area (Å²) in [6.07, 6.45) is 0. The smallest absolute Gasteiger partial charge is 0.321 e. The van der Waals surface area contributed by atoms with Crippen molar-refractivity contribution in [2.45, 2.75) is 6.04 Å². The maximum absolute atomic E-state index is 5.17. The average molecular weight is 162 g/mol. The number of hydrogen-bond acceptors (Lipinski definition) is 3. The lowest BCUT2D eigenvalue weighted by atomic mass is 10.1. The maximum Gasteiger partial charge on any atom is 0.321 e. The molecular weight excluding hydrogens is 148 g/mol. The summed E-state index contributed by atoms with van der Waals surface area (Å²) in [6, 6.07) is 1.09. The highest BCUT2D eigenvalue weighted by Crippen LogP contribution is 2.17. The van der Waals surface area contributed by atoms with Gasteiger partial charge in [0.05, 0.1) is 13.2 Å². The summed E-state index contributed by atoms with van der Waals surface area (Å²) in [5.41, 5.74) is 0. The topological polar surface area (TPSA) is 27.7 Å². The highest BCUT2D eigenvalue weighted by molar-refractivity contribution is 6.44. The first-order valence-corrected chi connectivity index (χ1v) is 5.26. The maximum atomic E-state index is 5.17. The van der Waals surface area contributed by atoms with Crippen LogP contribution in [0.15, 0.2) is 0 Å². The van der Waals surface area contributed by atoms with Crippen LogP contribution in [0.1, 0.15) is 0 Å². The Bertz CT molecular complexity index is 91.0. The fourth-order valence-electron chi connectivity index (χ4n) is 0.981. The van der Waals surface area contributed by atoms with Crippen molar-refractivity contribution in [3.8, 4) is 0 Å². The molecule has 0 amide bonds. The third-order valence-corrected chi connectivity index (χ3v) is 3.86. The minimum atomic E-state index is -1.30. The molecule has 1 fully saturated rings. The quantitative estimate of drug-likeness (QED) is 0.551. The Kier molecular flexibility index (Phi) is 3.34. The predicted octanol–water partition coefficient (Wildman–Crippen LogP) is 0.146. The van der Waals surface area contributed by atoms with E-state index in [0.29, 0.717) is 5.92 Å². The molecule has 0 unspecified atom stereocenters. The largest absolute Gasteiger partial charge is 0.400 e. The highest BCUT2D eigenvalue weighted by Gasteiger charge is 2.24. The second-order valence-corrected chi connectivity index (χ2v) is 4.81. The lowest BCUT2D eigenvalue weighted by Gasteiger charge is -2.27. The molecule has 1 aliphatic heterocycles. The van der Waals surface area contributed by atoms with Crippen LogP contribution in [0, 0.1) is 5.92 Å². The van der Waals surface area contributed by atoms with Gasteiger partial charge in [-0.1, -0.05) is 0 Å². The van der Waals surface area contributed by atoms with Crippen LogP contribution in [0.4, 0.5) is 0 Å². The van der Waals surface area contributed by atoms with Crippen LogP contribution in [0.5, 0.6) is 0 Å². The van der Waals surface area contributed by atoms with Crippen LogP contribution in [0.25, 0.3) is 0 Å². The van der Waals surface area contributed by atoms with Crippen molar-refractivity contribution in [2.75, 3.05) is 27.4 Å². The van der Waals surface area contributed by atoms with E-state index in [-0.39, 0.29) is 0 Å². The predicted molar refractivity (Wildman–Crippen MR) is 40.3 cm³/mol. The van der Waals surface area contributed by atoms with Crippen molar-refractivity contribution in [1.29, 1.82) is 0 Å². The van der Waals surface area contributed by atoms with Gasteiger partial charge >= 0.3 is 9.28 Å². The van der Waals surface area contributed by atoms with Crippen LogP contribution in [0.2, 0.25) is 6.04 Å².